The van der Waals surface area contributed by atoms with E-state index in [2.05, 4.69) is 26.2 Å². The molecule has 1 atom stereocenters. The van der Waals surface area contributed by atoms with Gasteiger partial charge in [-0.2, -0.15) is 0 Å². The van der Waals surface area contributed by atoms with Crippen molar-refractivity contribution in [1.82, 2.24) is 4.98 Å². The van der Waals surface area contributed by atoms with E-state index >= 15 is 0 Å². The van der Waals surface area contributed by atoms with Crippen LogP contribution in [0, 0.1) is 11.3 Å². The van der Waals surface area contributed by atoms with Crippen LogP contribution in [0.3, 0.4) is 0 Å². The van der Waals surface area contributed by atoms with Crippen LogP contribution >= 0.6 is 11.3 Å². The van der Waals surface area contributed by atoms with Crippen molar-refractivity contribution < 1.29 is 0 Å². The van der Waals surface area contributed by atoms with Crippen LogP contribution in [0.4, 0.5) is 0 Å². The summed E-state index contributed by atoms with van der Waals surface area (Å²) < 4.78 is 0. The van der Waals surface area contributed by atoms with Crippen LogP contribution in [0.1, 0.15) is 76.0 Å². The molecule has 1 unspecified atom stereocenters. The first-order valence-electron chi connectivity index (χ1n) is 7.09. The normalized spacial score (nSPS) is 27.2. The largest absolute Gasteiger partial charge is 0.323 e. The van der Waals surface area contributed by atoms with Gasteiger partial charge in [-0.15, -0.1) is 11.3 Å². The Labute approximate surface area is 115 Å². The molecule has 1 aliphatic rings. The third kappa shape index (κ3) is 3.12. The summed E-state index contributed by atoms with van der Waals surface area (Å²) in [4.78, 5) is 4.71. The summed E-state index contributed by atoms with van der Waals surface area (Å²) >= 11 is 1.80. The van der Waals surface area contributed by atoms with E-state index in [0.717, 1.165) is 11.6 Å². The van der Waals surface area contributed by atoms with Gasteiger partial charge in [0, 0.05) is 17.3 Å². The minimum absolute atomic E-state index is 0.0703. The predicted octanol–water partition coefficient (Wildman–Crippen LogP) is 4.48. The first kappa shape index (κ1) is 14.0. The zero-order valence-electron chi connectivity index (χ0n) is 12.1. The van der Waals surface area contributed by atoms with E-state index in [1.54, 1.807) is 11.3 Å². The highest BCUT2D eigenvalue weighted by molar-refractivity contribution is 7.09. The van der Waals surface area contributed by atoms with Gasteiger partial charge in [-0.1, -0.05) is 20.8 Å². The van der Waals surface area contributed by atoms with E-state index in [-0.39, 0.29) is 6.04 Å². The second kappa shape index (κ2) is 5.30. The quantitative estimate of drug-likeness (QED) is 0.857. The monoisotopic (exact) mass is 266 g/mol. The average molecular weight is 266 g/mol. The maximum absolute atomic E-state index is 5.88. The minimum atomic E-state index is 0.0703. The highest BCUT2D eigenvalue weighted by Gasteiger charge is 2.31. The molecule has 18 heavy (non-hydrogen) atoms. The molecule has 1 aromatic heterocycles. The van der Waals surface area contributed by atoms with Crippen LogP contribution in [0.15, 0.2) is 5.38 Å². The van der Waals surface area contributed by atoms with Crippen molar-refractivity contribution >= 4 is 11.3 Å². The first-order valence-corrected chi connectivity index (χ1v) is 7.97. The SMILES string of the molecule is CC(N)c1csc(C2CCC(C(C)(C)C)CC2)n1. The molecule has 1 saturated carbocycles. The number of hydrogen-bond acceptors (Lipinski definition) is 3. The lowest BCUT2D eigenvalue weighted by atomic mass is 9.70. The van der Waals surface area contributed by atoms with Gasteiger partial charge >= 0.3 is 0 Å². The van der Waals surface area contributed by atoms with Crippen molar-refractivity contribution in [2.24, 2.45) is 17.1 Å². The lowest BCUT2D eigenvalue weighted by Gasteiger charge is -2.36. The Balaban J connectivity index is 1.97. The van der Waals surface area contributed by atoms with Gasteiger partial charge in [0.05, 0.1) is 10.7 Å². The second-order valence-electron chi connectivity index (χ2n) is 6.81. The fourth-order valence-corrected chi connectivity index (χ4v) is 4.00. The number of aromatic nitrogens is 1. The summed E-state index contributed by atoms with van der Waals surface area (Å²) in [6, 6.07) is 0.0703. The summed E-state index contributed by atoms with van der Waals surface area (Å²) in [6.45, 7) is 9.12. The number of hydrogen-bond donors (Lipinski definition) is 1. The number of thiazole rings is 1. The molecule has 0 amide bonds. The molecule has 1 aliphatic carbocycles. The molecule has 0 spiro atoms. The van der Waals surface area contributed by atoms with Gasteiger partial charge in [0.2, 0.25) is 0 Å². The molecule has 102 valence electrons. The van der Waals surface area contributed by atoms with Gasteiger partial charge in [-0.25, -0.2) is 4.98 Å². The molecule has 2 nitrogen and oxygen atoms in total. The van der Waals surface area contributed by atoms with E-state index in [1.807, 2.05) is 6.92 Å². The molecule has 0 aromatic carbocycles. The Morgan fingerprint density at radius 2 is 1.89 bits per heavy atom. The molecular weight excluding hydrogens is 240 g/mol. The van der Waals surface area contributed by atoms with Gasteiger partial charge in [0.1, 0.15) is 0 Å². The lowest BCUT2D eigenvalue weighted by molar-refractivity contribution is 0.169. The maximum atomic E-state index is 5.88. The highest BCUT2D eigenvalue weighted by Crippen LogP contribution is 2.43. The van der Waals surface area contributed by atoms with E-state index in [1.165, 1.54) is 30.7 Å². The van der Waals surface area contributed by atoms with Gasteiger partial charge in [0.15, 0.2) is 0 Å². The summed E-state index contributed by atoms with van der Waals surface area (Å²) in [7, 11) is 0. The summed E-state index contributed by atoms with van der Waals surface area (Å²) in [5, 5.41) is 3.45. The summed E-state index contributed by atoms with van der Waals surface area (Å²) in [5.74, 6) is 1.56. The molecular formula is C15H26N2S. The zero-order chi connectivity index (χ0) is 13.3. The molecule has 1 aromatic rings. The lowest BCUT2D eigenvalue weighted by Crippen LogP contribution is -2.25. The third-order valence-corrected chi connectivity index (χ3v) is 5.33. The van der Waals surface area contributed by atoms with Gasteiger partial charge in [-0.05, 0) is 43.9 Å². The van der Waals surface area contributed by atoms with Crippen LogP contribution in [0.5, 0.6) is 0 Å². The van der Waals surface area contributed by atoms with Crippen molar-refractivity contribution in [3.8, 4) is 0 Å². The number of rotatable bonds is 2. The van der Waals surface area contributed by atoms with Crippen molar-refractivity contribution in [3.05, 3.63) is 16.1 Å². The van der Waals surface area contributed by atoms with Crippen LogP contribution in [-0.4, -0.2) is 4.98 Å². The topological polar surface area (TPSA) is 38.9 Å². The average Bonchev–Trinajstić information content (AvgIpc) is 2.77. The molecule has 1 heterocycles. The summed E-state index contributed by atoms with van der Waals surface area (Å²) in [5.41, 5.74) is 7.41. The Bertz CT molecular complexity index is 381. The minimum Gasteiger partial charge on any atom is -0.323 e. The van der Waals surface area contributed by atoms with E-state index in [0.29, 0.717) is 11.3 Å². The second-order valence-corrected chi connectivity index (χ2v) is 7.70. The van der Waals surface area contributed by atoms with Crippen molar-refractivity contribution in [2.75, 3.05) is 0 Å². The molecule has 0 bridgehead atoms. The van der Waals surface area contributed by atoms with Crippen LogP contribution in [-0.2, 0) is 0 Å². The van der Waals surface area contributed by atoms with Crippen LogP contribution in [0.2, 0.25) is 0 Å². The summed E-state index contributed by atoms with van der Waals surface area (Å²) in [6.07, 6.45) is 5.30. The van der Waals surface area contributed by atoms with Crippen molar-refractivity contribution in [3.63, 3.8) is 0 Å². The maximum Gasteiger partial charge on any atom is 0.0959 e. The third-order valence-electron chi connectivity index (χ3n) is 4.31. The van der Waals surface area contributed by atoms with Crippen LogP contribution in [0.25, 0.3) is 0 Å². The van der Waals surface area contributed by atoms with Gasteiger partial charge < -0.3 is 5.73 Å². The van der Waals surface area contributed by atoms with Gasteiger partial charge in [-0.3, -0.25) is 0 Å². The van der Waals surface area contributed by atoms with E-state index in [4.69, 9.17) is 10.7 Å². The van der Waals surface area contributed by atoms with Crippen LogP contribution < -0.4 is 5.73 Å². The molecule has 0 saturated heterocycles. The number of nitrogens with two attached hydrogens (primary N) is 1. The smallest absolute Gasteiger partial charge is 0.0959 e. The fraction of sp³-hybridized carbons (Fsp3) is 0.800. The Morgan fingerprint density at radius 3 is 2.33 bits per heavy atom. The zero-order valence-corrected chi connectivity index (χ0v) is 12.9. The van der Waals surface area contributed by atoms with E-state index in [9.17, 15) is 0 Å². The Morgan fingerprint density at radius 1 is 1.28 bits per heavy atom. The Kier molecular flexibility index (Phi) is 4.12. The number of nitrogens with zero attached hydrogens (tertiary/aromatic N) is 1. The predicted molar refractivity (Wildman–Crippen MR) is 78.9 cm³/mol. The molecule has 0 aliphatic heterocycles. The van der Waals surface area contributed by atoms with Crippen molar-refractivity contribution in [1.29, 1.82) is 0 Å². The Hall–Kier alpha value is -0.410. The van der Waals surface area contributed by atoms with Gasteiger partial charge in [0.25, 0.3) is 0 Å². The molecule has 1 fully saturated rings. The standard InChI is InChI=1S/C15H26N2S/c1-10(16)13-9-18-14(17-13)11-5-7-12(8-6-11)15(2,3)4/h9-12H,5-8,16H2,1-4H3. The first-order chi connectivity index (χ1) is 8.38. The molecule has 3 heteroatoms. The van der Waals surface area contributed by atoms with E-state index < -0.39 is 0 Å². The molecule has 2 rings (SSSR count). The molecule has 2 N–H and O–H groups in total. The fourth-order valence-electron chi connectivity index (χ4n) is 2.90. The van der Waals surface area contributed by atoms with Crippen molar-refractivity contribution in [2.45, 2.75) is 65.3 Å². The highest BCUT2D eigenvalue weighted by atomic mass is 32.1. The molecule has 0 radical (unpaired) electrons.